The van der Waals surface area contributed by atoms with E-state index >= 15 is 0 Å². The van der Waals surface area contributed by atoms with E-state index in [1.165, 1.54) is 0 Å². The minimum atomic E-state index is -1.33. The van der Waals surface area contributed by atoms with Crippen molar-refractivity contribution < 1.29 is 15.0 Å². The lowest BCUT2D eigenvalue weighted by Gasteiger charge is -2.32. The lowest BCUT2D eigenvalue weighted by molar-refractivity contribution is -0.135. The molecule has 0 aliphatic rings. The first kappa shape index (κ1) is 13.6. The van der Waals surface area contributed by atoms with Gasteiger partial charge in [-0.25, -0.2) is 0 Å². The fourth-order valence-electron chi connectivity index (χ4n) is 1.60. The van der Waals surface area contributed by atoms with E-state index in [-0.39, 0.29) is 24.0 Å². The summed E-state index contributed by atoms with van der Waals surface area (Å²) in [7, 11) is 0. The first-order valence-corrected chi connectivity index (χ1v) is 5.10. The normalized spacial score (nSPS) is 14.9. The lowest BCUT2D eigenvalue weighted by atomic mass is 9.72. The highest BCUT2D eigenvalue weighted by Crippen LogP contribution is 2.33. The molecule has 0 bridgehead atoms. The van der Waals surface area contributed by atoms with E-state index in [9.17, 15) is 4.79 Å². The Hall–Kier alpha value is -0.410. The highest BCUT2D eigenvalue weighted by Gasteiger charge is 2.35. The Morgan fingerprint density at radius 1 is 1.21 bits per heavy atom. The Morgan fingerprint density at radius 2 is 1.64 bits per heavy atom. The molecule has 0 radical (unpaired) electrons. The highest BCUT2D eigenvalue weighted by atomic mass is 16.5. The van der Waals surface area contributed by atoms with Crippen LogP contribution in [0.4, 0.5) is 0 Å². The van der Waals surface area contributed by atoms with Gasteiger partial charge in [0, 0.05) is 17.8 Å². The van der Waals surface area contributed by atoms with Gasteiger partial charge in [0.1, 0.15) is 5.78 Å². The number of ketones is 1. The van der Waals surface area contributed by atoms with Gasteiger partial charge in [-0.1, -0.05) is 34.6 Å². The van der Waals surface area contributed by atoms with Crippen LogP contribution < -0.4 is 0 Å². The van der Waals surface area contributed by atoms with Crippen LogP contribution in [-0.4, -0.2) is 22.3 Å². The molecule has 0 amide bonds. The van der Waals surface area contributed by atoms with E-state index in [1.54, 1.807) is 0 Å². The van der Waals surface area contributed by atoms with Crippen molar-refractivity contribution in [1.82, 2.24) is 0 Å². The number of carbonyl (C=O) groups is 1. The second kappa shape index (κ2) is 4.89. The molecule has 0 heterocycles. The zero-order chi connectivity index (χ0) is 11.5. The fraction of sp³-hybridized carbons (Fsp3) is 0.909. The first-order valence-electron chi connectivity index (χ1n) is 5.10. The summed E-state index contributed by atoms with van der Waals surface area (Å²) in [6, 6.07) is 0. The van der Waals surface area contributed by atoms with E-state index in [2.05, 4.69) is 0 Å². The summed E-state index contributed by atoms with van der Waals surface area (Å²) in [6.45, 7) is 9.34. The Kier molecular flexibility index (Phi) is 4.75. The zero-order valence-electron chi connectivity index (χ0n) is 9.74. The third-order valence-corrected chi connectivity index (χ3v) is 2.96. The van der Waals surface area contributed by atoms with Crippen LogP contribution in [0.25, 0.3) is 0 Å². The molecule has 0 spiro atoms. The summed E-state index contributed by atoms with van der Waals surface area (Å²) in [5, 5.41) is 17.7. The average Bonchev–Trinajstić information content (AvgIpc) is 2.01. The Morgan fingerprint density at radius 3 is 1.93 bits per heavy atom. The molecule has 14 heavy (non-hydrogen) atoms. The summed E-state index contributed by atoms with van der Waals surface area (Å²) < 4.78 is 0. The third kappa shape index (κ3) is 3.39. The second-order valence-corrected chi connectivity index (χ2v) is 4.86. The van der Waals surface area contributed by atoms with Crippen molar-refractivity contribution in [3.63, 3.8) is 0 Å². The summed E-state index contributed by atoms with van der Waals surface area (Å²) in [5.41, 5.74) is -0.488. The number of carbonyl (C=O) groups excluding carboxylic acids is 1. The minimum absolute atomic E-state index is 0.0108. The van der Waals surface area contributed by atoms with Gasteiger partial charge < -0.3 is 10.2 Å². The van der Waals surface area contributed by atoms with Gasteiger partial charge in [0.15, 0.2) is 6.29 Å². The van der Waals surface area contributed by atoms with Gasteiger partial charge in [-0.3, -0.25) is 4.79 Å². The molecule has 0 aromatic carbocycles. The van der Waals surface area contributed by atoms with Gasteiger partial charge in [-0.15, -0.1) is 0 Å². The van der Waals surface area contributed by atoms with Crippen LogP contribution in [0.15, 0.2) is 0 Å². The van der Waals surface area contributed by atoms with Crippen molar-refractivity contribution in [2.45, 2.75) is 47.3 Å². The lowest BCUT2D eigenvalue weighted by Crippen LogP contribution is -2.36. The smallest absolute Gasteiger partial charge is 0.151 e. The standard InChI is InChI=1S/C11H22O3/c1-7(2)10(14)11(4,5)8(3)6-9(12)13/h7-9,12-13H,6H2,1-5H3. The molecule has 3 heteroatoms. The van der Waals surface area contributed by atoms with Gasteiger partial charge >= 0.3 is 0 Å². The van der Waals surface area contributed by atoms with E-state index in [0.717, 1.165) is 0 Å². The molecule has 0 rings (SSSR count). The summed E-state index contributed by atoms with van der Waals surface area (Å²) in [6.07, 6.45) is -1.09. The molecule has 2 N–H and O–H groups in total. The van der Waals surface area contributed by atoms with Crippen LogP contribution in [0.2, 0.25) is 0 Å². The predicted octanol–water partition coefficient (Wildman–Crippen LogP) is 1.57. The fourth-order valence-corrected chi connectivity index (χ4v) is 1.60. The first-order chi connectivity index (χ1) is 6.19. The topological polar surface area (TPSA) is 57.5 Å². The molecule has 0 aliphatic heterocycles. The molecule has 1 unspecified atom stereocenters. The van der Waals surface area contributed by atoms with Crippen molar-refractivity contribution in [3.05, 3.63) is 0 Å². The van der Waals surface area contributed by atoms with Crippen molar-refractivity contribution in [1.29, 1.82) is 0 Å². The molecule has 84 valence electrons. The minimum Gasteiger partial charge on any atom is -0.368 e. The molecule has 3 nitrogen and oxygen atoms in total. The largest absolute Gasteiger partial charge is 0.368 e. The van der Waals surface area contributed by atoms with Gasteiger partial charge in [-0.05, 0) is 5.92 Å². The molecule has 0 aromatic rings. The van der Waals surface area contributed by atoms with Gasteiger partial charge in [0.25, 0.3) is 0 Å². The average molecular weight is 202 g/mol. The number of Topliss-reactive ketones (excluding diaryl/α,β-unsaturated/α-hetero) is 1. The maximum Gasteiger partial charge on any atom is 0.151 e. The number of aliphatic hydroxyl groups is 2. The number of hydrogen-bond donors (Lipinski definition) is 2. The predicted molar refractivity (Wildman–Crippen MR) is 55.6 cm³/mol. The zero-order valence-corrected chi connectivity index (χ0v) is 9.74. The Bertz CT molecular complexity index is 195. The second-order valence-electron chi connectivity index (χ2n) is 4.86. The number of hydrogen-bond acceptors (Lipinski definition) is 3. The van der Waals surface area contributed by atoms with Crippen LogP contribution in [0.5, 0.6) is 0 Å². The maximum absolute atomic E-state index is 11.8. The van der Waals surface area contributed by atoms with Crippen LogP contribution in [0.1, 0.15) is 41.0 Å². The van der Waals surface area contributed by atoms with E-state index < -0.39 is 11.7 Å². The van der Waals surface area contributed by atoms with Crippen molar-refractivity contribution in [2.75, 3.05) is 0 Å². The van der Waals surface area contributed by atoms with Gasteiger partial charge in [0.05, 0.1) is 0 Å². The summed E-state index contributed by atoms with van der Waals surface area (Å²) in [5.74, 6) is 0.131. The number of aliphatic hydroxyl groups excluding tert-OH is 1. The number of rotatable bonds is 5. The van der Waals surface area contributed by atoms with Crippen LogP contribution in [-0.2, 0) is 4.79 Å². The molecular weight excluding hydrogens is 180 g/mol. The molecule has 0 saturated carbocycles. The summed E-state index contributed by atoms with van der Waals surface area (Å²) in [4.78, 5) is 11.8. The van der Waals surface area contributed by atoms with E-state index in [4.69, 9.17) is 10.2 Å². The molecule has 0 aliphatic carbocycles. The molecule has 0 saturated heterocycles. The quantitative estimate of drug-likeness (QED) is 0.665. The van der Waals surface area contributed by atoms with Crippen molar-refractivity contribution in [3.8, 4) is 0 Å². The van der Waals surface area contributed by atoms with E-state index in [0.29, 0.717) is 0 Å². The Labute approximate surface area is 86.1 Å². The van der Waals surface area contributed by atoms with Crippen LogP contribution >= 0.6 is 0 Å². The molecule has 0 aromatic heterocycles. The maximum atomic E-state index is 11.8. The van der Waals surface area contributed by atoms with Gasteiger partial charge in [0.2, 0.25) is 0 Å². The van der Waals surface area contributed by atoms with Gasteiger partial charge in [-0.2, -0.15) is 0 Å². The van der Waals surface area contributed by atoms with Crippen molar-refractivity contribution in [2.24, 2.45) is 17.3 Å². The summed E-state index contributed by atoms with van der Waals surface area (Å²) >= 11 is 0. The highest BCUT2D eigenvalue weighted by molar-refractivity contribution is 5.85. The third-order valence-electron chi connectivity index (χ3n) is 2.96. The van der Waals surface area contributed by atoms with Crippen molar-refractivity contribution >= 4 is 5.78 Å². The van der Waals surface area contributed by atoms with Crippen LogP contribution in [0.3, 0.4) is 0 Å². The Balaban J connectivity index is 4.51. The monoisotopic (exact) mass is 202 g/mol. The molecule has 0 fully saturated rings. The van der Waals surface area contributed by atoms with E-state index in [1.807, 2.05) is 34.6 Å². The SMILES string of the molecule is CC(C)C(=O)C(C)(C)C(C)CC(O)O. The molecule has 1 atom stereocenters. The molecular formula is C11H22O3. The van der Waals surface area contributed by atoms with Crippen LogP contribution in [0, 0.1) is 17.3 Å².